The van der Waals surface area contributed by atoms with Gasteiger partial charge in [-0.2, -0.15) is 0 Å². The number of hydrogen-bond donors (Lipinski definition) is 1. The van der Waals surface area contributed by atoms with E-state index in [0.29, 0.717) is 12.8 Å². The SMILES string of the molecule is O=[N+]([O-])c1ccc(F)c(F)c1NC1Cc2ccccc2C1. The number of nitrogens with one attached hydrogen (secondary N) is 1. The molecule has 0 atom stereocenters. The first-order chi connectivity index (χ1) is 10.1. The van der Waals surface area contributed by atoms with Gasteiger partial charge in [-0.25, -0.2) is 8.78 Å². The number of nitro benzene ring substituents is 1. The van der Waals surface area contributed by atoms with Gasteiger partial charge in [0.15, 0.2) is 17.3 Å². The second-order valence-corrected chi connectivity index (χ2v) is 5.03. The van der Waals surface area contributed by atoms with E-state index in [0.717, 1.165) is 23.3 Å². The minimum atomic E-state index is -1.21. The van der Waals surface area contributed by atoms with Crippen LogP contribution >= 0.6 is 0 Å². The Bertz CT molecular complexity index is 694. The minimum absolute atomic E-state index is 0.183. The number of fused-ring (bicyclic) bond motifs is 1. The van der Waals surface area contributed by atoms with Gasteiger partial charge in [0.05, 0.1) is 4.92 Å². The summed E-state index contributed by atoms with van der Waals surface area (Å²) in [7, 11) is 0. The maximum Gasteiger partial charge on any atom is 0.295 e. The second-order valence-electron chi connectivity index (χ2n) is 5.03. The zero-order chi connectivity index (χ0) is 15.0. The number of anilines is 1. The van der Waals surface area contributed by atoms with E-state index in [2.05, 4.69) is 5.32 Å². The summed E-state index contributed by atoms with van der Waals surface area (Å²) < 4.78 is 27.2. The van der Waals surface area contributed by atoms with Gasteiger partial charge in [-0.15, -0.1) is 0 Å². The van der Waals surface area contributed by atoms with Crippen molar-refractivity contribution < 1.29 is 13.7 Å². The van der Waals surface area contributed by atoms with Crippen molar-refractivity contribution >= 4 is 11.4 Å². The molecular formula is C15H12F2N2O2. The van der Waals surface area contributed by atoms with Crippen molar-refractivity contribution in [1.29, 1.82) is 0 Å². The molecule has 0 aliphatic heterocycles. The third-order valence-electron chi connectivity index (χ3n) is 3.67. The number of rotatable bonds is 3. The monoisotopic (exact) mass is 290 g/mol. The Kier molecular flexibility index (Phi) is 3.29. The van der Waals surface area contributed by atoms with Crippen LogP contribution in [0.4, 0.5) is 20.2 Å². The van der Waals surface area contributed by atoms with Gasteiger partial charge in [-0.1, -0.05) is 24.3 Å². The summed E-state index contributed by atoms with van der Waals surface area (Å²) in [6.07, 6.45) is 1.26. The third kappa shape index (κ3) is 2.44. The summed E-state index contributed by atoms with van der Waals surface area (Å²) >= 11 is 0. The lowest BCUT2D eigenvalue weighted by Gasteiger charge is -2.14. The number of hydrogen-bond acceptors (Lipinski definition) is 3. The number of benzene rings is 2. The first-order valence-electron chi connectivity index (χ1n) is 6.52. The van der Waals surface area contributed by atoms with Gasteiger partial charge in [0.25, 0.3) is 5.69 Å². The predicted molar refractivity (Wildman–Crippen MR) is 74.3 cm³/mol. The van der Waals surface area contributed by atoms with E-state index >= 15 is 0 Å². The molecule has 0 bridgehead atoms. The quantitative estimate of drug-likeness (QED) is 0.695. The molecule has 0 aromatic heterocycles. The topological polar surface area (TPSA) is 55.2 Å². The molecule has 2 aromatic carbocycles. The third-order valence-corrected chi connectivity index (χ3v) is 3.67. The van der Waals surface area contributed by atoms with Gasteiger partial charge in [0.2, 0.25) is 0 Å². The summed E-state index contributed by atoms with van der Waals surface area (Å²) in [4.78, 5) is 10.2. The molecule has 1 aliphatic rings. The molecule has 6 heteroatoms. The Morgan fingerprint density at radius 2 is 1.71 bits per heavy atom. The van der Waals surface area contributed by atoms with Crippen LogP contribution in [0.2, 0.25) is 0 Å². The highest BCUT2D eigenvalue weighted by Crippen LogP contribution is 2.32. The molecule has 0 unspecified atom stereocenters. The lowest BCUT2D eigenvalue weighted by molar-refractivity contribution is -0.384. The van der Waals surface area contributed by atoms with Crippen LogP contribution in [0.5, 0.6) is 0 Å². The summed E-state index contributed by atoms with van der Waals surface area (Å²) in [5.74, 6) is -2.31. The fraction of sp³-hybridized carbons (Fsp3) is 0.200. The lowest BCUT2D eigenvalue weighted by Crippen LogP contribution is -2.21. The van der Waals surface area contributed by atoms with Crippen LogP contribution in [0, 0.1) is 21.7 Å². The van der Waals surface area contributed by atoms with E-state index in [1.54, 1.807) is 0 Å². The fourth-order valence-corrected chi connectivity index (χ4v) is 2.69. The van der Waals surface area contributed by atoms with E-state index in [9.17, 15) is 18.9 Å². The Balaban J connectivity index is 1.90. The zero-order valence-corrected chi connectivity index (χ0v) is 11.0. The molecule has 0 fully saturated rings. The van der Waals surface area contributed by atoms with Crippen LogP contribution in [0.15, 0.2) is 36.4 Å². The Morgan fingerprint density at radius 1 is 1.10 bits per heavy atom. The van der Waals surface area contributed by atoms with Crippen LogP contribution in [0.25, 0.3) is 0 Å². The van der Waals surface area contributed by atoms with E-state index in [-0.39, 0.29) is 11.7 Å². The molecule has 0 radical (unpaired) electrons. The molecule has 0 saturated carbocycles. The van der Waals surface area contributed by atoms with Crippen molar-refractivity contribution in [3.05, 3.63) is 69.3 Å². The number of nitrogens with zero attached hydrogens (tertiary/aromatic N) is 1. The van der Waals surface area contributed by atoms with Crippen molar-refractivity contribution in [3.63, 3.8) is 0 Å². The highest BCUT2D eigenvalue weighted by molar-refractivity contribution is 5.63. The van der Waals surface area contributed by atoms with E-state index in [1.807, 2.05) is 24.3 Å². The Labute approximate surface area is 119 Å². The molecule has 108 valence electrons. The maximum atomic E-state index is 13.9. The molecule has 0 heterocycles. The number of halogens is 2. The van der Waals surface area contributed by atoms with Crippen LogP contribution in [0.1, 0.15) is 11.1 Å². The Morgan fingerprint density at radius 3 is 2.29 bits per heavy atom. The smallest absolute Gasteiger partial charge is 0.295 e. The number of nitro groups is 1. The van der Waals surface area contributed by atoms with Gasteiger partial charge in [0, 0.05) is 12.1 Å². The molecular weight excluding hydrogens is 278 g/mol. The first kappa shape index (κ1) is 13.5. The molecule has 3 rings (SSSR count). The van der Waals surface area contributed by atoms with Gasteiger partial charge in [0.1, 0.15) is 0 Å². The van der Waals surface area contributed by atoms with Crippen molar-refractivity contribution in [2.45, 2.75) is 18.9 Å². The first-order valence-corrected chi connectivity index (χ1v) is 6.52. The highest BCUT2D eigenvalue weighted by Gasteiger charge is 2.27. The average Bonchev–Trinajstić information content (AvgIpc) is 2.86. The molecule has 0 spiro atoms. The maximum absolute atomic E-state index is 13.9. The summed E-state index contributed by atoms with van der Waals surface area (Å²) in [5.41, 5.74) is 1.41. The molecule has 2 aromatic rings. The van der Waals surface area contributed by atoms with Crippen LogP contribution in [-0.4, -0.2) is 11.0 Å². The predicted octanol–water partition coefficient (Wildman–Crippen LogP) is 3.45. The van der Waals surface area contributed by atoms with Crippen molar-refractivity contribution in [2.24, 2.45) is 0 Å². The van der Waals surface area contributed by atoms with Crippen molar-refractivity contribution in [1.82, 2.24) is 0 Å². The summed E-state index contributed by atoms with van der Waals surface area (Å²) in [5, 5.41) is 13.7. The minimum Gasteiger partial charge on any atom is -0.374 e. The van der Waals surface area contributed by atoms with Crippen LogP contribution in [0.3, 0.4) is 0 Å². The molecule has 0 amide bonds. The van der Waals surface area contributed by atoms with E-state index in [1.165, 1.54) is 0 Å². The lowest BCUT2D eigenvalue weighted by atomic mass is 10.1. The normalized spacial score (nSPS) is 14.0. The van der Waals surface area contributed by atoms with Gasteiger partial charge >= 0.3 is 0 Å². The van der Waals surface area contributed by atoms with Gasteiger partial charge in [-0.3, -0.25) is 10.1 Å². The standard InChI is InChI=1S/C15H12F2N2O2/c16-12-5-6-13(19(20)21)15(14(12)17)18-11-7-9-3-1-2-4-10(9)8-11/h1-6,11,18H,7-8H2. The summed E-state index contributed by atoms with van der Waals surface area (Å²) in [6.45, 7) is 0. The zero-order valence-electron chi connectivity index (χ0n) is 11.0. The largest absolute Gasteiger partial charge is 0.374 e. The molecule has 4 nitrogen and oxygen atoms in total. The van der Waals surface area contributed by atoms with E-state index in [4.69, 9.17) is 0 Å². The second kappa shape index (κ2) is 5.12. The fourth-order valence-electron chi connectivity index (χ4n) is 2.69. The molecule has 21 heavy (non-hydrogen) atoms. The Hall–Kier alpha value is -2.50. The molecule has 1 N–H and O–H groups in total. The molecule has 0 saturated heterocycles. The summed E-state index contributed by atoms with van der Waals surface area (Å²) in [6, 6.07) is 9.31. The van der Waals surface area contributed by atoms with Gasteiger partial charge in [-0.05, 0) is 30.0 Å². The molecule has 1 aliphatic carbocycles. The van der Waals surface area contributed by atoms with Crippen molar-refractivity contribution in [3.8, 4) is 0 Å². The highest BCUT2D eigenvalue weighted by atomic mass is 19.2. The van der Waals surface area contributed by atoms with Crippen molar-refractivity contribution in [2.75, 3.05) is 5.32 Å². The van der Waals surface area contributed by atoms with Crippen LogP contribution < -0.4 is 5.32 Å². The van der Waals surface area contributed by atoms with Gasteiger partial charge < -0.3 is 5.32 Å². The van der Waals surface area contributed by atoms with E-state index < -0.39 is 22.2 Å². The van der Waals surface area contributed by atoms with Crippen LogP contribution in [-0.2, 0) is 12.8 Å². The average molecular weight is 290 g/mol.